The molecule has 1 heterocycles. The molecule has 2 aromatic carbocycles. The van der Waals surface area contributed by atoms with Gasteiger partial charge < -0.3 is 0 Å². The van der Waals surface area contributed by atoms with Crippen molar-refractivity contribution in [2.75, 3.05) is 5.43 Å². The number of hydrogen-bond donors (Lipinski definition) is 2. The zero-order valence-corrected chi connectivity index (χ0v) is 14.2. The average molecular weight is 358 g/mol. The van der Waals surface area contributed by atoms with Crippen LogP contribution in [-0.2, 0) is 16.4 Å². The molecule has 3 N–H and O–H groups in total. The summed E-state index contributed by atoms with van der Waals surface area (Å²) in [6, 6.07) is 12.8. The third-order valence-electron chi connectivity index (χ3n) is 3.93. The number of nitrogens with zero attached hydrogens (tertiary/aromatic N) is 2. The van der Waals surface area contributed by atoms with Crippen LogP contribution in [0, 0.1) is 0 Å². The van der Waals surface area contributed by atoms with Gasteiger partial charge in [0.05, 0.1) is 20.8 Å². The molecule has 0 amide bonds. The van der Waals surface area contributed by atoms with Crippen LogP contribution in [0.3, 0.4) is 0 Å². The molecule has 1 aliphatic carbocycles. The molecule has 0 unspecified atom stereocenters. The molecule has 0 bridgehead atoms. The molecule has 3 aromatic rings. The minimum absolute atomic E-state index is 0.107. The van der Waals surface area contributed by atoms with Crippen molar-refractivity contribution in [2.45, 2.75) is 17.7 Å². The van der Waals surface area contributed by atoms with Crippen LogP contribution in [0.25, 0.3) is 10.2 Å². The first-order chi connectivity index (χ1) is 11.5. The standard InChI is InChI=1S/C16H14N4O2S2/c17-24(21,22)11-7-5-10-6-8-13(12(10)9-11)19-20-16-18-14-3-1-2-4-15(14)23-16/h1-5,7,9H,6,8H2,(H,18,20)(H2,17,21,22)/b19-13+. The quantitative estimate of drug-likeness (QED) is 0.703. The number of fused-ring (bicyclic) bond motifs is 2. The van der Waals surface area contributed by atoms with E-state index in [0.29, 0.717) is 5.13 Å². The van der Waals surface area contributed by atoms with Crippen molar-refractivity contribution in [1.29, 1.82) is 0 Å². The minimum Gasteiger partial charge on any atom is -0.252 e. The van der Waals surface area contributed by atoms with Crippen molar-refractivity contribution < 1.29 is 8.42 Å². The van der Waals surface area contributed by atoms with Gasteiger partial charge in [-0.1, -0.05) is 29.5 Å². The van der Waals surface area contributed by atoms with Crippen LogP contribution < -0.4 is 10.6 Å². The van der Waals surface area contributed by atoms with Crippen LogP contribution in [0.1, 0.15) is 17.5 Å². The summed E-state index contributed by atoms with van der Waals surface area (Å²) in [5.41, 5.74) is 6.63. The summed E-state index contributed by atoms with van der Waals surface area (Å²) in [5, 5.41) is 10.4. The number of benzene rings is 2. The summed E-state index contributed by atoms with van der Waals surface area (Å²) < 4.78 is 24.2. The van der Waals surface area contributed by atoms with Crippen molar-refractivity contribution in [1.82, 2.24) is 4.98 Å². The second-order valence-corrected chi connectivity index (χ2v) is 8.11. The summed E-state index contributed by atoms with van der Waals surface area (Å²) in [6.07, 6.45) is 1.59. The summed E-state index contributed by atoms with van der Waals surface area (Å²) >= 11 is 1.52. The predicted octanol–water partition coefficient (Wildman–Crippen LogP) is 2.71. The van der Waals surface area contributed by atoms with Crippen LogP contribution in [0.5, 0.6) is 0 Å². The molecule has 4 rings (SSSR count). The van der Waals surface area contributed by atoms with Crippen LogP contribution in [0.15, 0.2) is 52.5 Å². The highest BCUT2D eigenvalue weighted by Crippen LogP contribution is 2.28. The second-order valence-electron chi connectivity index (χ2n) is 5.52. The fourth-order valence-corrected chi connectivity index (χ4v) is 4.11. The van der Waals surface area contributed by atoms with Crippen LogP contribution in [0.4, 0.5) is 5.13 Å². The minimum atomic E-state index is -3.72. The van der Waals surface area contributed by atoms with Crippen LogP contribution >= 0.6 is 11.3 Å². The van der Waals surface area contributed by atoms with E-state index in [1.165, 1.54) is 17.4 Å². The molecule has 0 aliphatic heterocycles. The maximum atomic E-state index is 11.5. The maximum Gasteiger partial charge on any atom is 0.238 e. The number of thiazole rings is 1. The van der Waals surface area contributed by atoms with E-state index in [-0.39, 0.29) is 4.90 Å². The average Bonchev–Trinajstić information content (AvgIpc) is 3.15. The van der Waals surface area contributed by atoms with E-state index in [0.717, 1.165) is 39.9 Å². The van der Waals surface area contributed by atoms with Gasteiger partial charge in [0.15, 0.2) is 0 Å². The van der Waals surface area contributed by atoms with Gasteiger partial charge in [-0.15, -0.1) is 0 Å². The lowest BCUT2D eigenvalue weighted by Crippen LogP contribution is -2.13. The molecule has 24 heavy (non-hydrogen) atoms. The zero-order chi connectivity index (χ0) is 16.7. The number of rotatable bonds is 3. The number of hydrazone groups is 1. The lowest BCUT2D eigenvalue weighted by Gasteiger charge is -2.04. The fourth-order valence-electron chi connectivity index (χ4n) is 2.76. The van der Waals surface area contributed by atoms with Crippen molar-refractivity contribution in [3.63, 3.8) is 0 Å². The fraction of sp³-hybridized carbons (Fsp3) is 0.125. The van der Waals surface area contributed by atoms with E-state index < -0.39 is 10.0 Å². The molecule has 8 heteroatoms. The van der Waals surface area contributed by atoms with E-state index >= 15 is 0 Å². The Kier molecular flexibility index (Phi) is 3.60. The second kappa shape index (κ2) is 5.66. The Balaban J connectivity index is 1.65. The molecule has 0 saturated heterocycles. The number of hydrogen-bond acceptors (Lipinski definition) is 6. The summed E-state index contributed by atoms with van der Waals surface area (Å²) in [6.45, 7) is 0. The molecular formula is C16H14N4O2S2. The zero-order valence-electron chi connectivity index (χ0n) is 12.6. The van der Waals surface area contributed by atoms with Crippen LogP contribution in [0.2, 0.25) is 0 Å². The Labute approximate surface area is 143 Å². The Bertz CT molecular complexity index is 1040. The van der Waals surface area contributed by atoms with Crippen LogP contribution in [-0.4, -0.2) is 19.1 Å². The monoisotopic (exact) mass is 358 g/mol. The highest BCUT2D eigenvalue weighted by Gasteiger charge is 2.20. The molecule has 0 fully saturated rings. The Morgan fingerprint density at radius 3 is 2.79 bits per heavy atom. The SMILES string of the molecule is NS(=O)(=O)c1ccc2c(c1)/C(=N/Nc1nc3ccccc3s1)CC2. The normalized spacial score (nSPS) is 15.8. The lowest BCUT2D eigenvalue weighted by molar-refractivity contribution is 0.598. The number of primary sulfonamides is 1. The maximum absolute atomic E-state index is 11.5. The molecule has 6 nitrogen and oxygen atoms in total. The van der Waals surface area contributed by atoms with E-state index in [4.69, 9.17) is 5.14 Å². The first-order valence-corrected chi connectivity index (χ1v) is 9.71. The molecule has 122 valence electrons. The van der Waals surface area contributed by atoms with E-state index in [1.54, 1.807) is 12.1 Å². The summed E-state index contributed by atoms with van der Waals surface area (Å²) in [4.78, 5) is 4.58. The molecule has 1 aromatic heterocycles. The number of anilines is 1. The van der Waals surface area contributed by atoms with Crippen molar-refractivity contribution in [3.05, 3.63) is 53.6 Å². The highest BCUT2D eigenvalue weighted by molar-refractivity contribution is 7.89. The van der Waals surface area contributed by atoms with E-state index in [1.807, 2.05) is 24.3 Å². The Hall–Kier alpha value is -2.29. The van der Waals surface area contributed by atoms with Crippen molar-refractivity contribution in [2.24, 2.45) is 10.2 Å². The van der Waals surface area contributed by atoms with Gasteiger partial charge >= 0.3 is 0 Å². The van der Waals surface area contributed by atoms with Crippen molar-refractivity contribution in [3.8, 4) is 0 Å². The van der Waals surface area contributed by atoms with Gasteiger partial charge in [-0.25, -0.2) is 18.5 Å². The number of aryl methyl sites for hydroxylation is 1. The Morgan fingerprint density at radius 1 is 1.17 bits per heavy atom. The number of nitrogens with one attached hydrogen (secondary N) is 1. The molecule has 1 aliphatic rings. The van der Waals surface area contributed by atoms with Gasteiger partial charge in [0, 0.05) is 5.56 Å². The van der Waals surface area contributed by atoms with Gasteiger partial charge in [-0.3, -0.25) is 5.43 Å². The third-order valence-corrected chi connectivity index (χ3v) is 5.78. The highest BCUT2D eigenvalue weighted by atomic mass is 32.2. The molecule has 0 spiro atoms. The number of nitrogens with two attached hydrogens (primary N) is 1. The largest absolute Gasteiger partial charge is 0.252 e. The predicted molar refractivity (Wildman–Crippen MR) is 95.9 cm³/mol. The number of aromatic nitrogens is 1. The lowest BCUT2D eigenvalue weighted by atomic mass is 10.1. The smallest absolute Gasteiger partial charge is 0.238 e. The first kappa shape index (κ1) is 15.3. The molecule has 0 atom stereocenters. The van der Waals surface area contributed by atoms with Gasteiger partial charge in [-0.05, 0) is 42.7 Å². The van der Waals surface area contributed by atoms with Gasteiger partial charge in [0.1, 0.15) is 0 Å². The summed E-state index contributed by atoms with van der Waals surface area (Å²) in [5.74, 6) is 0. The summed E-state index contributed by atoms with van der Waals surface area (Å²) in [7, 11) is -3.72. The van der Waals surface area contributed by atoms with Gasteiger partial charge in [0.25, 0.3) is 0 Å². The first-order valence-electron chi connectivity index (χ1n) is 7.35. The van der Waals surface area contributed by atoms with Gasteiger partial charge in [0.2, 0.25) is 15.2 Å². The number of sulfonamides is 1. The molecule has 0 saturated carbocycles. The number of para-hydroxylation sites is 1. The third kappa shape index (κ3) is 2.79. The van der Waals surface area contributed by atoms with E-state index in [9.17, 15) is 8.42 Å². The van der Waals surface area contributed by atoms with Crippen molar-refractivity contribution >= 4 is 42.4 Å². The van der Waals surface area contributed by atoms with E-state index in [2.05, 4.69) is 15.5 Å². The molecule has 0 radical (unpaired) electrons. The Morgan fingerprint density at radius 2 is 2.00 bits per heavy atom. The topological polar surface area (TPSA) is 97.4 Å². The molecular weight excluding hydrogens is 344 g/mol. The van der Waals surface area contributed by atoms with Gasteiger partial charge in [-0.2, -0.15) is 5.10 Å².